The Bertz CT molecular complexity index is 826. The smallest absolute Gasteiger partial charge is 0.251 e. The molecule has 0 spiro atoms. The van der Waals surface area contributed by atoms with Crippen LogP contribution in [0.1, 0.15) is 33.2 Å². The predicted molar refractivity (Wildman–Crippen MR) is 104 cm³/mol. The van der Waals surface area contributed by atoms with Crippen LogP contribution in [0.3, 0.4) is 0 Å². The molecule has 28 heavy (non-hydrogen) atoms. The van der Waals surface area contributed by atoms with Crippen molar-refractivity contribution in [3.8, 4) is 0 Å². The summed E-state index contributed by atoms with van der Waals surface area (Å²) < 4.78 is 5.75. The van der Waals surface area contributed by atoms with E-state index >= 15 is 0 Å². The third-order valence-corrected chi connectivity index (χ3v) is 5.09. The second-order valence-electron chi connectivity index (χ2n) is 7.04. The fourth-order valence-corrected chi connectivity index (χ4v) is 3.51. The number of nitrogens with two attached hydrogens (primary N) is 1. The zero-order chi connectivity index (χ0) is 20.3. The Morgan fingerprint density at radius 1 is 1.11 bits per heavy atom. The van der Waals surface area contributed by atoms with Crippen LogP contribution >= 0.6 is 0 Å². The summed E-state index contributed by atoms with van der Waals surface area (Å²) in [4.78, 5) is 11.8. The number of rotatable bonds is 5. The molecule has 150 valence electrons. The Balaban J connectivity index is 1.82. The summed E-state index contributed by atoms with van der Waals surface area (Å²) in [5.41, 5.74) is 9.03. The minimum absolute atomic E-state index is 0.144. The molecule has 0 aromatic heterocycles. The van der Waals surface area contributed by atoms with Gasteiger partial charge in [0.15, 0.2) is 0 Å². The van der Waals surface area contributed by atoms with E-state index in [2.05, 4.69) is 5.32 Å². The highest BCUT2D eigenvalue weighted by molar-refractivity contribution is 5.94. The van der Waals surface area contributed by atoms with Crippen LogP contribution in [-0.2, 0) is 11.2 Å². The van der Waals surface area contributed by atoms with Crippen molar-refractivity contribution in [1.82, 2.24) is 5.32 Å². The molecular formula is C21H26N2O5. The summed E-state index contributed by atoms with van der Waals surface area (Å²) in [6.45, 7) is -0.340. The Kier molecular flexibility index (Phi) is 6.43. The summed E-state index contributed by atoms with van der Waals surface area (Å²) in [5, 5.41) is 32.6. The van der Waals surface area contributed by atoms with E-state index in [1.807, 2.05) is 36.4 Å². The third-order valence-electron chi connectivity index (χ3n) is 5.09. The fraction of sp³-hybridized carbons (Fsp3) is 0.381. The molecule has 0 unspecified atom stereocenters. The van der Waals surface area contributed by atoms with Crippen molar-refractivity contribution in [2.24, 2.45) is 5.73 Å². The molecule has 0 saturated carbocycles. The van der Waals surface area contributed by atoms with E-state index in [1.54, 1.807) is 19.2 Å². The van der Waals surface area contributed by atoms with E-state index in [1.165, 1.54) is 0 Å². The van der Waals surface area contributed by atoms with Gasteiger partial charge in [-0.15, -0.1) is 0 Å². The summed E-state index contributed by atoms with van der Waals surface area (Å²) in [5.74, 6) is -0.144. The maximum absolute atomic E-state index is 11.8. The number of nitrogens with one attached hydrogen (secondary N) is 1. The monoisotopic (exact) mass is 386 g/mol. The molecular weight excluding hydrogens is 360 g/mol. The third kappa shape index (κ3) is 4.24. The van der Waals surface area contributed by atoms with Crippen LogP contribution in [0, 0.1) is 0 Å². The van der Waals surface area contributed by atoms with E-state index in [9.17, 15) is 20.1 Å². The van der Waals surface area contributed by atoms with Crippen LogP contribution in [0.15, 0.2) is 48.5 Å². The second kappa shape index (κ2) is 8.81. The number of carbonyl (C=O) groups is 1. The molecule has 1 aliphatic rings. The number of hydrogen-bond acceptors (Lipinski definition) is 6. The molecule has 6 N–H and O–H groups in total. The maximum atomic E-state index is 11.8. The number of carbonyl (C=O) groups excluding carboxylic acids is 1. The van der Waals surface area contributed by atoms with Crippen molar-refractivity contribution < 1.29 is 24.9 Å². The minimum Gasteiger partial charge on any atom is -0.394 e. The van der Waals surface area contributed by atoms with Crippen LogP contribution in [-0.4, -0.2) is 59.2 Å². The first-order chi connectivity index (χ1) is 13.4. The lowest BCUT2D eigenvalue weighted by atomic mass is 9.89. The highest BCUT2D eigenvalue weighted by Crippen LogP contribution is 2.32. The van der Waals surface area contributed by atoms with Gasteiger partial charge in [0.05, 0.1) is 18.8 Å². The van der Waals surface area contributed by atoms with Crippen molar-refractivity contribution in [3.05, 3.63) is 70.8 Å². The quantitative estimate of drug-likeness (QED) is 0.497. The summed E-state index contributed by atoms with van der Waals surface area (Å²) in [6.07, 6.45) is -3.33. The average molecular weight is 386 g/mol. The van der Waals surface area contributed by atoms with Crippen molar-refractivity contribution in [1.29, 1.82) is 0 Å². The van der Waals surface area contributed by atoms with Gasteiger partial charge in [0, 0.05) is 12.6 Å². The van der Waals surface area contributed by atoms with Gasteiger partial charge in [0.25, 0.3) is 5.91 Å². The first-order valence-electron chi connectivity index (χ1n) is 9.22. The summed E-state index contributed by atoms with van der Waals surface area (Å²) >= 11 is 0. The standard InChI is InChI=1S/C21H26N2O5/c1-23-21(27)15-7-3-5-13(10-15)8-12-4-2-6-14(9-12)20-19(26)18(25)17(22)16(11-24)28-20/h2-7,9-10,16-20,24-26H,8,11,22H2,1H3,(H,23,27)/t16-,17-,18+,19+,20-/m1/s1. The lowest BCUT2D eigenvalue weighted by Crippen LogP contribution is -2.59. The van der Waals surface area contributed by atoms with Gasteiger partial charge in [-0.3, -0.25) is 4.79 Å². The Morgan fingerprint density at radius 3 is 2.46 bits per heavy atom. The zero-order valence-corrected chi connectivity index (χ0v) is 15.7. The number of benzene rings is 2. The maximum Gasteiger partial charge on any atom is 0.251 e. The van der Waals surface area contributed by atoms with Gasteiger partial charge in [-0.25, -0.2) is 0 Å². The number of ether oxygens (including phenoxy) is 1. The molecule has 2 aromatic carbocycles. The molecule has 1 heterocycles. The Morgan fingerprint density at radius 2 is 1.79 bits per heavy atom. The minimum atomic E-state index is -1.19. The largest absolute Gasteiger partial charge is 0.394 e. The number of aliphatic hydroxyl groups excluding tert-OH is 3. The van der Waals surface area contributed by atoms with Crippen LogP contribution in [0.2, 0.25) is 0 Å². The van der Waals surface area contributed by atoms with Gasteiger partial charge < -0.3 is 31.1 Å². The van der Waals surface area contributed by atoms with Crippen molar-refractivity contribution in [3.63, 3.8) is 0 Å². The van der Waals surface area contributed by atoms with Crippen LogP contribution < -0.4 is 11.1 Å². The zero-order valence-electron chi connectivity index (χ0n) is 15.7. The van der Waals surface area contributed by atoms with Crippen LogP contribution in [0.4, 0.5) is 0 Å². The van der Waals surface area contributed by atoms with Gasteiger partial charge in [0.2, 0.25) is 0 Å². The topological polar surface area (TPSA) is 125 Å². The number of amides is 1. The lowest BCUT2D eigenvalue weighted by molar-refractivity contribution is -0.189. The fourth-order valence-electron chi connectivity index (χ4n) is 3.51. The van der Waals surface area contributed by atoms with E-state index < -0.39 is 30.5 Å². The first kappa shape index (κ1) is 20.4. The summed E-state index contributed by atoms with van der Waals surface area (Å²) in [6, 6.07) is 14.0. The molecule has 2 aromatic rings. The molecule has 1 aliphatic heterocycles. The van der Waals surface area contributed by atoms with Crippen molar-refractivity contribution in [2.45, 2.75) is 36.9 Å². The van der Waals surface area contributed by atoms with Gasteiger partial charge in [-0.05, 0) is 35.2 Å². The van der Waals surface area contributed by atoms with Crippen LogP contribution in [0.5, 0.6) is 0 Å². The van der Waals surface area contributed by atoms with E-state index in [4.69, 9.17) is 10.5 Å². The van der Waals surface area contributed by atoms with E-state index in [0.29, 0.717) is 17.5 Å². The van der Waals surface area contributed by atoms with Crippen molar-refractivity contribution >= 4 is 5.91 Å². The Labute approximate surface area is 163 Å². The van der Waals surface area contributed by atoms with Crippen molar-refractivity contribution in [2.75, 3.05) is 13.7 Å². The summed E-state index contributed by atoms with van der Waals surface area (Å²) in [7, 11) is 1.59. The molecule has 7 nitrogen and oxygen atoms in total. The van der Waals surface area contributed by atoms with Gasteiger partial charge >= 0.3 is 0 Å². The molecule has 0 aliphatic carbocycles. The second-order valence-corrected chi connectivity index (χ2v) is 7.04. The molecule has 1 amide bonds. The molecule has 1 fully saturated rings. The molecule has 5 atom stereocenters. The molecule has 0 radical (unpaired) electrons. The van der Waals surface area contributed by atoms with Crippen LogP contribution in [0.25, 0.3) is 0 Å². The first-order valence-corrected chi connectivity index (χ1v) is 9.22. The number of hydrogen-bond donors (Lipinski definition) is 5. The van der Waals surface area contributed by atoms with Gasteiger partial charge in [0.1, 0.15) is 18.3 Å². The molecule has 7 heteroatoms. The SMILES string of the molecule is CNC(=O)c1cccc(Cc2cccc([C@H]3O[C@H](CO)[C@@H](N)[C@H](O)[C@@H]3O)c2)c1. The lowest BCUT2D eigenvalue weighted by Gasteiger charge is -2.41. The van der Waals surface area contributed by atoms with E-state index in [0.717, 1.165) is 11.1 Å². The van der Waals surface area contributed by atoms with E-state index in [-0.39, 0.29) is 12.5 Å². The normalized spacial score (nSPS) is 27.4. The highest BCUT2D eigenvalue weighted by atomic mass is 16.5. The average Bonchev–Trinajstić information content (AvgIpc) is 2.72. The Hall–Kier alpha value is -2.29. The molecule has 3 rings (SSSR count). The number of aliphatic hydroxyl groups is 3. The molecule has 1 saturated heterocycles. The predicted octanol–water partition coefficient (Wildman–Crippen LogP) is 0.118. The van der Waals surface area contributed by atoms with Gasteiger partial charge in [-0.1, -0.05) is 36.4 Å². The molecule has 0 bridgehead atoms. The van der Waals surface area contributed by atoms with Gasteiger partial charge in [-0.2, -0.15) is 0 Å². The highest BCUT2D eigenvalue weighted by Gasteiger charge is 2.42.